The molecule has 1 heterocycles. The van der Waals surface area contributed by atoms with Crippen molar-refractivity contribution in [1.29, 1.82) is 0 Å². The van der Waals surface area contributed by atoms with Gasteiger partial charge in [-0.3, -0.25) is 0 Å². The molecule has 0 aliphatic carbocycles. The molecule has 3 heteroatoms. The molecule has 15 heavy (non-hydrogen) atoms. The minimum absolute atomic E-state index is 0.850. The van der Waals surface area contributed by atoms with Crippen LogP contribution in [0, 0.1) is 6.92 Å². The molecule has 0 aliphatic rings. The number of imidazole rings is 1. The van der Waals surface area contributed by atoms with Gasteiger partial charge >= 0.3 is 0 Å². The molecule has 0 saturated heterocycles. The van der Waals surface area contributed by atoms with Crippen LogP contribution in [0.1, 0.15) is 26.3 Å². The van der Waals surface area contributed by atoms with Crippen LogP contribution in [0.2, 0.25) is 0 Å². The van der Waals surface area contributed by atoms with Crippen LogP contribution in [0.15, 0.2) is 18.2 Å². The van der Waals surface area contributed by atoms with Gasteiger partial charge in [0.1, 0.15) is 0 Å². The number of aryl methyl sites for hydroxylation is 1. The zero-order chi connectivity index (χ0) is 11.3. The molecular formula is C12H19N3. The van der Waals surface area contributed by atoms with E-state index in [1.807, 2.05) is 19.9 Å². The fraction of sp³-hybridized carbons (Fsp3) is 0.417. The van der Waals surface area contributed by atoms with Gasteiger partial charge in [0.25, 0.3) is 0 Å². The number of aromatic amines is 1. The Bertz CT molecular complexity index is 418. The maximum Gasteiger partial charge on any atom is 0.201 e. The molecule has 1 aromatic heterocycles. The first-order valence-electron chi connectivity index (χ1n) is 5.50. The van der Waals surface area contributed by atoms with Gasteiger partial charge in [-0.1, -0.05) is 19.9 Å². The highest BCUT2D eigenvalue weighted by atomic mass is 15.1. The highest BCUT2D eigenvalue weighted by Gasteiger charge is 2.00. The SMILES string of the molecule is CC.CCNc1nc2ccc(C)cc2[nH]1. The first-order chi connectivity index (χ1) is 7.29. The van der Waals surface area contributed by atoms with Crippen molar-refractivity contribution in [2.45, 2.75) is 27.7 Å². The number of hydrogen-bond acceptors (Lipinski definition) is 2. The maximum absolute atomic E-state index is 4.38. The van der Waals surface area contributed by atoms with Gasteiger partial charge in [-0.15, -0.1) is 0 Å². The molecule has 0 radical (unpaired) electrons. The molecule has 0 aliphatic heterocycles. The minimum atomic E-state index is 0.850. The monoisotopic (exact) mass is 205 g/mol. The van der Waals surface area contributed by atoms with Crippen molar-refractivity contribution in [3.63, 3.8) is 0 Å². The third-order valence-electron chi connectivity index (χ3n) is 1.98. The Kier molecular flexibility index (Phi) is 4.16. The summed E-state index contributed by atoms with van der Waals surface area (Å²) in [6, 6.07) is 6.20. The highest BCUT2D eigenvalue weighted by molar-refractivity contribution is 5.78. The molecule has 0 saturated carbocycles. The summed E-state index contributed by atoms with van der Waals surface area (Å²) >= 11 is 0. The first-order valence-corrected chi connectivity index (χ1v) is 5.50. The smallest absolute Gasteiger partial charge is 0.201 e. The van der Waals surface area contributed by atoms with Crippen molar-refractivity contribution in [3.8, 4) is 0 Å². The van der Waals surface area contributed by atoms with Crippen LogP contribution in [0.25, 0.3) is 11.0 Å². The molecule has 0 spiro atoms. The summed E-state index contributed by atoms with van der Waals surface area (Å²) in [7, 11) is 0. The summed E-state index contributed by atoms with van der Waals surface area (Å²) in [5.74, 6) is 0.850. The molecule has 82 valence electrons. The molecule has 0 amide bonds. The summed E-state index contributed by atoms with van der Waals surface area (Å²) in [5.41, 5.74) is 3.36. The zero-order valence-corrected chi connectivity index (χ0v) is 9.89. The molecule has 0 atom stereocenters. The van der Waals surface area contributed by atoms with Crippen LogP contribution in [-0.2, 0) is 0 Å². The van der Waals surface area contributed by atoms with Crippen LogP contribution in [0.3, 0.4) is 0 Å². The van der Waals surface area contributed by atoms with E-state index in [2.05, 4.69) is 41.3 Å². The number of nitrogens with one attached hydrogen (secondary N) is 2. The lowest BCUT2D eigenvalue weighted by atomic mass is 10.2. The van der Waals surface area contributed by atoms with Gasteiger partial charge in [0.15, 0.2) is 0 Å². The summed E-state index contributed by atoms with van der Waals surface area (Å²) in [4.78, 5) is 7.59. The fourth-order valence-corrected chi connectivity index (χ4v) is 1.37. The van der Waals surface area contributed by atoms with Gasteiger partial charge in [0.2, 0.25) is 5.95 Å². The highest BCUT2D eigenvalue weighted by Crippen LogP contribution is 2.15. The largest absolute Gasteiger partial charge is 0.356 e. The molecule has 2 aromatic rings. The minimum Gasteiger partial charge on any atom is -0.356 e. The summed E-state index contributed by atoms with van der Waals surface area (Å²) in [5, 5.41) is 3.15. The van der Waals surface area contributed by atoms with E-state index < -0.39 is 0 Å². The van der Waals surface area contributed by atoms with E-state index in [1.165, 1.54) is 5.56 Å². The predicted octanol–water partition coefficient (Wildman–Crippen LogP) is 3.33. The molecule has 0 bridgehead atoms. The van der Waals surface area contributed by atoms with Crippen molar-refractivity contribution < 1.29 is 0 Å². The second kappa shape index (κ2) is 5.39. The Morgan fingerprint density at radius 1 is 1.33 bits per heavy atom. The zero-order valence-electron chi connectivity index (χ0n) is 9.89. The lowest BCUT2D eigenvalue weighted by Crippen LogP contribution is -1.97. The Morgan fingerprint density at radius 2 is 2.07 bits per heavy atom. The summed E-state index contributed by atoms with van der Waals surface area (Å²) in [6.07, 6.45) is 0. The standard InChI is InChI=1S/C10H13N3.C2H6/c1-3-11-10-12-8-5-4-7(2)6-9(8)13-10;1-2/h4-6H,3H2,1-2H3,(H2,11,12,13);1-2H3. The van der Waals surface area contributed by atoms with E-state index in [-0.39, 0.29) is 0 Å². The van der Waals surface area contributed by atoms with E-state index in [0.29, 0.717) is 0 Å². The van der Waals surface area contributed by atoms with E-state index in [1.54, 1.807) is 0 Å². The molecular weight excluding hydrogens is 186 g/mol. The number of H-pyrrole nitrogens is 1. The van der Waals surface area contributed by atoms with Crippen LogP contribution >= 0.6 is 0 Å². The summed E-state index contributed by atoms with van der Waals surface area (Å²) in [6.45, 7) is 9.02. The first kappa shape index (κ1) is 11.6. The van der Waals surface area contributed by atoms with Gasteiger partial charge in [0.05, 0.1) is 11.0 Å². The second-order valence-corrected chi connectivity index (χ2v) is 3.14. The van der Waals surface area contributed by atoms with E-state index in [0.717, 1.165) is 23.5 Å². The summed E-state index contributed by atoms with van der Waals surface area (Å²) < 4.78 is 0. The normalized spacial score (nSPS) is 9.60. The van der Waals surface area contributed by atoms with Gasteiger partial charge in [0, 0.05) is 6.54 Å². The van der Waals surface area contributed by atoms with Crippen LogP contribution in [0.5, 0.6) is 0 Å². The van der Waals surface area contributed by atoms with Crippen molar-refractivity contribution >= 4 is 17.0 Å². The Hall–Kier alpha value is -1.51. The van der Waals surface area contributed by atoms with Gasteiger partial charge in [-0.05, 0) is 31.5 Å². The van der Waals surface area contributed by atoms with Gasteiger partial charge < -0.3 is 10.3 Å². The average Bonchev–Trinajstić information content (AvgIpc) is 2.63. The predicted molar refractivity (Wildman–Crippen MR) is 66.3 cm³/mol. The lowest BCUT2D eigenvalue weighted by molar-refractivity contribution is 1.14. The molecule has 0 fully saturated rings. The average molecular weight is 205 g/mol. The lowest BCUT2D eigenvalue weighted by Gasteiger charge is -1.93. The van der Waals surface area contributed by atoms with Crippen LogP contribution in [-0.4, -0.2) is 16.5 Å². The van der Waals surface area contributed by atoms with Crippen LogP contribution in [0.4, 0.5) is 5.95 Å². The van der Waals surface area contributed by atoms with E-state index in [9.17, 15) is 0 Å². The van der Waals surface area contributed by atoms with E-state index in [4.69, 9.17) is 0 Å². The van der Waals surface area contributed by atoms with E-state index >= 15 is 0 Å². The number of fused-ring (bicyclic) bond motifs is 1. The number of hydrogen-bond donors (Lipinski definition) is 2. The van der Waals surface area contributed by atoms with Crippen molar-refractivity contribution in [3.05, 3.63) is 23.8 Å². The van der Waals surface area contributed by atoms with Gasteiger partial charge in [-0.2, -0.15) is 0 Å². The number of rotatable bonds is 2. The molecule has 2 rings (SSSR count). The third kappa shape index (κ3) is 2.72. The maximum atomic E-state index is 4.38. The number of aromatic nitrogens is 2. The van der Waals surface area contributed by atoms with Crippen LogP contribution < -0.4 is 5.32 Å². The molecule has 0 unspecified atom stereocenters. The van der Waals surface area contributed by atoms with Crippen molar-refractivity contribution in [2.24, 2.45) is 0 Å². The Labute approximate surface area is 90.9 Å². The second-order valence-electron chi connectivity index (χ2n) is 3.14. The Morgan fingerprint density at radius 3 is 2.73 bits per heavy atom. The number of benzene rings is 1. The van der Waals surface area contributed by atoms with Crippen molar-refractivity contribution in [1.82, 2.24) is 9.97 Å². The number of nitrogens with zero attached hydrogens (tertiary/aromatic N) is 1. The molecule has 2 N–H and O–H groups in total. The topological polar surface area (TPSA) is 40.7 Å². The third-order valence-corrected chi connectivity index (χ3v) is 1.98. The number of anilines is 1. The molecule has 3 nitrogen and oxygen atoms in total. The van der Waals surface area contributed by atoms with Crippen molar-refractivity contribution in [2.75, 3.05) is 11.9 Å². The Balaban J connectivity index is 0.000000531. The quantitative estimate of drug-likeness (QED) is 0.789. The molecule has 1 aromatic carbocycles. The van der Waals surface area contributed by atoms with Gasteiger partial charge in [-0.25, -0.2) is 4.98 Å². The fourth-order valence-electron chi connectivity index (χ4n) is 1.37.